The number of carbonyl (C=O) groups is 1. The van der Waals surface area contributed by atoms with Gasteiger partial charge in [-0.25, -0.2) is 0 Å². The van der Waals surface area contributed by atoms with Crippen molar-refractivity contribution in [3.63, 3.8) is 0 Å². The second-order valence-electron chi connectivity index (χ2n) is 5.01. The minimum absolute atomic E-state index is 0.130. The van der Waals surface area contributed by atoms with Crippen LogP contribution in [0.3, 0.4) is 0 Å². The van der Waals surface area contributed by atoms with Gasteiger partial charge >= 0.3 is 0 Å². The molecule has 1 unspecified atom stereocenters. The van der Waals surface area contributed by atoms with Crippen molar-refractivity contribution in [2.75, 3.05) is 5.73 Å². The van der Waals surface area contributed by atoms with Crippen molar-refractivity contribution in [3.8, 4) is 0 Å². The maximum atomic E-state index is 12.4. The molecule has 106 valence electrons. The smallest absolute Gasteiger partial charge is 0.255 e. The van der Waals surface area contributed by atoms with E-state index in [1.54, 1.807) is 0 Å². The number of nitrogens with two attached hydrogens (primary N) is 1. The number of amides is 1. The number of para-hydroxylation sites is 1. The first kappa shape index (κ1) is 13.2. The quantitative estimate of drug-likeness (QED) is 0.721. The number of nitrogens with one attached hydrogen (secondary N) is 1. The van der Waals surface area contributed by atoms with Crippen molar-refractivity contribution < 1.29 is 9.21 Å². The van der Waals surface area contributed by atoms with Gasteiger partial charge in [-0.05, 0) is 30.7 Å². The number of nitrogen functional groups attached to an aromatic ring is 1. The zero-order chi connectivity index (χ0) is 14.8. The number of fused-ring (bicyclic) bond motifs is 1. The number of hydrogen-bond donors (Lipinski definition) is 2. The predicted octanol–water partition coefficient (Wildman–Crippen LogP) is 3.51. The number of benzene rings is 2. The summed E-state index contributed by atoms with van der Waals surface area (Å²) in [7, 11) is 0. The summed E-state index contributed by atoms with van der Waals surface area (Å²) < 4.78 is 5.40. The minimum Gasteiger partial charge on any atom is -0.463 e. The topological polar surface area (TPSA) is 68.3 Å². The fraction of sp³-hybridized carbons (Fsp3) is 0.118. The number of carbonyl (C=O) groups excluding carboxylic acids is 1. The van der Waals surface area contributed by atoms with Gasteiger partial charge < -0.3 is 15.5 Å². The molecule has 1 atom stereocenters. The average Bonchev–Trinajstić information content (AvgIpc) is 2.91. The van der Waals surface area contributed by atoms with E-state index in [9.17, 15) is 4.79 Å². The predicted molar refractivity (Wildman–Crippen MR) is 82.9 cm³/mol. The lowest BCUT2D eigenvalue weighted by Crippen LogP contribution is -2.26. The van der Waals surface area contributed by atoms with Gasteiger partial charge in [0, 0.05) is 11.1 Å². The Morgan fingerprint density at radius 1 is 1.19 bits per heavy atom. The summed E-state index contributed by atoms with van der Waals surface area (Å²) in [6, 6.07) is 14.8. The molecule has 1 aromatic heterocycles. The van der Waals surface area contributed by atoms with Crippen LogP contribution in [0.4, 0.5) is 5.69 Å². The lowest BCUT2D eigenvalue weighted by atomic mass is 10.1. The van der Waals surface area contributed by atoms with E-state index in [1.165, 1.54) is 6.26 Å². The van der Waals surface area contributed by atoms with Gasteiger partial charge in [0.25, 0.3) is 5.91 Å². The van der Waals surface area contributed by atoms with Gasteiger partial charge in [0.1, 0.15) is 11.8 Å². The van der Waals surface area contributed by atoms with Crippen LogP contribution < -0.4 is 11.1 Å². The van der Waals surface area contributed by atoms with E-state index < -0.39 is 0 Å². The molecule has 0 spiro atoms. The molecule has 0 bridgehead atoms. The molecule has 0 radical (unpaired) electrons. The zero-order valence-corrected chi connectivity index (χ0v) is 11.7. The number of anilines is 1. The fourth-order valence-corrected chi connectivity index (χ4v) is 2.34. The summed E-state index contributed by atoms with van der Waals surface area (Å²) in [5.74, 6) is -0.158. The lowest BCUT2D eigenvalue weighted by molar-refractivity contribution is 0.0940. The van der Waals surface area contributed by atoms with Crippen LogP contribution in [-0.4, -0.2) is 5.91 Å². The van der Waals surface area contributed by atoms with Gasteiger partial charge in [0.05, 0.1) is 11.6 Å². The average molecular weight is 280 g/mol. The Labute approximate surface area is 122 Å². The first-order valence-corrected chi connectivity index (χ1v) is 6.77. The monoisotopic (exact) mass is 280 g/mol. The molecule has 21 heavy (non-hydrogen) atoms. The molecule has 3 aromatic rings. The van der Waals surface area contributed by atoms with Crippen molar-refractivity contribution in [3.05, 3.63) is 65.9 Å². The highest BCUT2D eigenvalue weighted by Crippen LogP contribution is 2.22. The lowest BCUT2D eigenvalue weighted by Gasteiger charge is -2.14. The number of rotatable bonds is 3. The van der Waals surface area contributed by atoms with E-state index in [2.05, 4.69) is 5.32 Å². The number of hydrogen-bond acceptors (Lipinski definition) is 3. The van der Waals surface area contributed by atoms with Crippen molar-refractivity contribution in [2.45, 2.75) is 13.0 Å². The summed E-state index contributed by atoms with van der Waals surface area (Å²) >= 11 is 0. The first-order valence-electron chi connectivity index (χ1n) is 6.77. The van der Waals surface area contributed by atoms with Crippen molar-refractivity contribution in [1.82, 2.24) is 5.32 Å². The van der Waals surface area contributed by atoms with Crippen LogP contribution in [0, 0.1) is 0 Å². The molecule has 1 amide bonds. The summed E-state index contributed by atoms with van der Waals surface area (Å²) in [5.41, 5.74) is 8.67. The van der Waals surface area contributed by atoms with Gasteiger partial charge in [0.2, 0.25) is 0 Å². The molecule has 3 rings (SSSR count). The van der Waals surface area contributed by atoms with E-state index in [4.69, 9.17) is 10.2 Å². The van der Waals surface area contributed by atoms with E-state index in [0.29, 0.717) is 16.8 Å². The van der Waals surface area contributed by atoms with Gasteiger partial charge in [-0.1, -0.05) is 30.3 Å². The van der Waals surface area contributed by atoms with Crippen molar-refractivity contribution in [1.29, 1.82) is 0 Å². The maximum absolute atomic E-state index is 12.4. The first-order chi connectivity index (χ1) is 10.1. The Morgan fingerprint density at radius 3 is 2.81 bits per heavy atom. The zero-order valence-electron chi connectivity index (χ0n) is 11.7. The molecular formula is C17H16N2O2. The van der Waals surface area contributed by atoms with Crippen molar-refractivity contribution in [2.24, 2.45) is 0 Å². The van der Waals surface area contributed by atoms with Crippen LogP contribution >= 0.6 is 0 Å². The highest BCUT2D eigenvalue weighted by Gasteiger charge is 2.16. The van der Waals surface area contributed by atoms with E-state index >= 15 is 0 Å². The van der Waals surface area contributed by atoms with Gasteiger partial charge in [-0.3, -0.25) is 4.79 Å². The molecule has 4 heteroatoms. The molecule has 0 fully saturated rings. The third-order valence-corrected chi connectivity index (χ3v) is 3.48. The standard InChI is InChI=1S/C17H16N2O2/c1-11(12-5-4-6-13(18)9-12)19-17(20)15-10-21-16-8-3-2-7-14(15)16/h2-11H,18H2,1H3,(H,19,20). The third-order valence-electron chi connectivity index (χ3n) is 3.48. The summed E-state index contributed by atoms with van der Waals surface area (Å²) in [5, 5.41) is 3.78. The van der Waals surface area contributed by atoms with Gasteiger partial charge in [-0.2, -0.15) is 0 Å². The van der Waals surface area contributed by atoms with E-state index in [-0.39, 0.29) is 11.9 Å². The second kappa shape index (κ2) is 5.32. The Balaban J connectivity index is 1.83. The van der Waals surface area contributed by atoms with Crippen molar-refractivity contribution >= 4 is 22.6 Å². The van der Waals surface area contributed by atoms with E-state index in [1.807, 2.05) is 55.5 Å². The second-order valence-corrected chi connectivity index (χ2v) is 5.01. The maximum Gasteiger partial charge on any atom is 0.255 e. The molecule has 0 saturated carbocycles. The van der Waals surface area contributed by atoms with E-state index in [0.717, 1.165) is 10.9 Å². The molecule has 0 aliphatic rings. The molecule has 1 heterocycles. The summed E-state index contributed by atoms with van der Waals surface area (Å²) in [6.45, 7) is 1.93. The number of furan rings is 1. The third kappa shape index (κ3) is 2.60. The SMILES string of the molecule is CC(NC(=O)c1coc2ccccc12)c1cccc(N)c1. The molecular weight excluding hydrogens is 264 g/mol. The molecule has 2 aromatic carbocycles. The molecule has 3 N–H and O–H groups in total. The van der Waals surface area contributed by atoms with Crippen LogP contribution in [0.5, 0.6) is 0 Å². The Bertz CT molecular complexity index is 792. The Kier molecular flexibility index (Phi) is 3.36. The summed E-state index contributed by atoms with van der Waals surface area (Å²) in [6.07, 6.45) is 1.49. The highest BCUT2D eigenvalue weighted by atomic mass is 16.3. The summed E-state index contributed by atoms with van der Waals surface area (Å²) in [4.78, 5) is 12.4. The molecule has 0 aliphatic heterocycles. The fourth-order valence-electron chi connectivity index (χ4n) is 2.34. The normalized spacial score (nSPS) is 12.2. The molecule has 0 aliphatic carbocycles. The largest absolute Gasteiger partial charge is 0.463 e. The Hall–Kier alpha value is -2.75. The van der Waals surface area contributed by atoms with Crippen LogP contribution in [0.1, 0.15) is 28.9 Å². The van der Waals surface area contributed by atoms with Crippen LogP contribution in [0.2, 0.25) is 0 Å². The van der Waals surface area contributed by atoms with Gasteiger partial charge in [0.15, 0.2) is 0 Å². The highest BCUT2D eigenvalue weighted by molar-refractivity contribution is 6.06. The molecule has 4 nitrogen and oxygen atoms in total. The van der Waals surface area contributed by atoms with Crippen LogP contribution in [0.25, 0.3) is 11.0 Å². The van der Waals surface area contributed by atoms with Crippen LogP contribution in [0.15, 0.2) is 59.2 Å². The molecule has 0 saturated heterocycles. The van der Waals surface area contributed by atoms with Crippen LogP contribution in [-0.2, 0) is 0 Å². The minimum atomic E-state index is -0.158. The van der Waals surface area contributed by atoms with Gasteiger partial charge in [-0.15, -0.1) is 0 Å². The Morgan fingerprint density at radius 2 is 2.00 bits per heavy atom.